The van der Waals surface area contributed by atoms with Gasteiger partial charge >= 0.3 is 0 Å². The number of nitrogens with zero attached hydrogens (tertiary/aromatic N) is 2. The van der Waals surface area contributed by atoms with Crippen LogP contribution in [0.15, 0.2) is 66.9 Å². The van der Waals surface area contributed by atoms with Crippen molar-refractivity contribution >= 4 is 17.5 Å². The summed E-state index contributed by atoms with van der Waals surface area (Å²) in [6, 6.07) is 19.9. The zero-order chi connectivity index (χ0) is 17.8. The molecule has 132 valence electrons. The summed E-state index contributed by atoms with van der Waals surface area (Å²) in [6.07, 6.45) is 5.04. The molecule has 1 aliphatic rings. The van der Waals surface area contributed by atoms with Gasteiger partial charge in [0.1, 0.15) is 5.75 Å². The van der Waals surface area contributed by atoms with E-state index in [0.29, 0.717) is 23.8 Å². The molecule has 0 saturated heterocycles. The van der Waals surface area contributed by atoms with Crippen LogP contribution in [-0.4, -0.2) is 16.0 Å². The fourth-order valence-corrected chi connectivity index (χ4v) is 3.54. The van der Waals surface area contributed by atoms with Gasteiger partial charge in [-0.15, -0.1) is 0 Å². The Morgan fingerprint density at radius 1 is 0.962 bits per heavy atom. The SMILES string of the molecule is Clc1ccc(C2CCC(Nc3nccc(Oc4ccccc4)n3)C2)cc1. The summed E-state index contributed by atoms with van der Waals surface area (Å²) >= 11 is 5.99. The van der Waals surface area contributed by atoms with E-state index in [2.05, 4.69) is 27.4 Å². The topological polar surface area (TPSA) is 47.0 Å². The molecule has 0 aliphatic heterocycles. The molecular formula is C21H20ClN3O. The van der Waals surface area contributed by atoms with Crippen LogP contribution in [0.3, 0.4) is 0 Å². The van der Waals surface area contributed by atoms with Crippen molar-refractivity contribution < 1.29 is 4.74 Å². The highest BCUT2D eigenvalue weighted by Gasteiger charge is 2.26. The van der Waals surface area contributed by atoms with E-state index in [9.17, 15) is 0 Å². The fourth-order valence-electron chi connectivity index (χ4n) is 3.41. The highest BCUT2D eigenvalue weighted by Crippen LogP contribution is 2.36. The van der Waals surface area contributed by atoms with Gasteiger partial charge in [0.05, 0.1) is 0 Å². The summed E-state index contributed by atoms with van der Waals surface area (Å²) in [5.41, 5.74) is 1.35. The van der Waals surface area contributed by atoms with Gasteiger partial charge in [0, 0.05) is 23.3 Å². The Morgan fingerprint density at radius 3 is 2.58 bits per heavy atom. The first-order valence-electron chi connectivity index (χ1n) is 8.84. The fraction of sp³-hybridized carbons (Fsp3) is 0.238. The van der Waals surface area contributed by atoms with Crippen molar-refractivity contribution in [1.82, 2.24) is 9.97 Å². The molecule has 2 unspecified atom stereocenters. The maximum Gasteiger partial charge on any atom is 0.226 e. The molecule has 1 aliphatic carbocycles. The van der Waals surface area contributed by atoms with Gasteiger partial charge in [-0.3, -0.25) is 0 Å². The number of halogens is 1. The summed E-state index contributed by atoms with van der Waals surface area (Å²) < 4.78 is 5.78. The quantitative estimate of drug-likeness (QED) is 0.632. The second kappa shape index (κ2) is 7.75. The number of rotatable bonds is 5. The van der Waals surface area contributed by atoms with Gasteiger partial charge in [-0.05, 0) is 55.0 Å². The van der Waals surface area contributed by atoms with E-state index in [1.807, 2.05) is 42.5 Å². The van der Waals surface area contributed by atoms with Crippen molar-refractivity contribution in [3.8, 4) is 11.6 Å². The number of hydrogen-bond acceptors (Lipinski definition) is 4. The second-order valence-corrected chi connectivity index (χ2v) is 6.97. The first kappa shape index (κ1) is 16.9. The molecule has 0 bridgehead atoms. The molecule has 0 amide bonds. The lowest BCUT2D eigenvalue weighted by molar-refractivity contribution is 0.462. The lowest BCUT2D eigenvalue weighted by atomic mass is 9.98. The third-order valence-corrected chi connectivity index (χ3v) is 4.95. The Bertz CT molecular complexity index is 855. The molecule has 1 heterocycles. The highest BCUT2D eigenvalue weighted by atomic mass is 35.5. The summed E-state index contributed by atoms with van der Waals surface area (Å²) in [4.78, 5) is 8.81. The number of hydrogen-bond donors (Lipinski definition) is 1. The minimum Gasteiger partial charge on any atom is -0.439 e. The molecule has 2 aromatic carbocycles. The van der Waals surface area contributed by atoms with Crippen molar-refractivity contribution in [1.29, 1.82) is 0 Å². The Balaban J connectivity index is 1.39. The van der Waals surface area contributed by atoms with Crippen LogP contribution in [0.4, 0.5) is 5.95 Å². The predicted octanol–water partition coefficient (Wildman–Crippen LogP) is 5.67. The molecule has 5 heteroatoms. The first-order chi connectivity index (χ1) is 12.8. The monoisotopic (exact) mass is 365 g/mol. The van der Waals surface area contributed by atoms with Crippen LogP contribution < -0.4 is 10.1 Å². The van der Waals surface area contributed by atoms with E-state index < -0.39 is 0 Å². The number of nitrogens with one attached hydrogen (secondary N) is 1. The minimum atomic E-state index is 0.364. The van der Waals surface area contributed by atoms with Gasteiger partial charge in [0.25, 0.3) is 0 Å². The number of anilines is 1. The highest BCUT2D eigenvalue weighted by molar-refractivity contribution is 6.30. The van der Waals surface area contributed by atoms with E-state index in [4.69, 9.17) is 16.3 Å². The van der Waals surface area contributed by atoms with E-state index in [0.717, 1.165) is 30.0 Å². The van der Waals surface area contributed by atoms with Gasteiger partial charge in [-0.25, -0.2) is 4.98 Å². The third-order valence-electron chi connectivity index (χ3n) is 4.70. The van der Waals surface area contributed by atoms with E-state index in [-0.39, 0.29) is 0 Å². The molecule has 4 nitrogen and oxygen atoms in total. The zero-order valence-corrected chi connectivity index (χ0v) is 15.1. The van der Waals surface area contributed by atoms with Crippen molar-refractivity contribution in [3.63, 3.8) is 0 Å². The molecule has 0 radical (unpaired) electrons. The van der Waals surface area contributed by atoms with Crippen LogP contribution >= 0.6 is 11.6 Å². The molecule has 3 aromatic rings. The van der Waals surface area contributed by atoms with Crippen molar-refractivity contribution in [2.24, 2.45) is 0 Å². The van der Waals surface area contributed by atoms with E-state index in [1.165, 1.54) is 5.56 Å². The summed E-state index contributed by atoms with van der Waals surface area (Å²) in [6.45, 7) is 0. The van der Waals surface area contributed by atoms with Crippen molar-refractivity contribution in [2.45, 2.75) is 31.2 Å². The molecule has 2 atom stereocenters. The standard InChI is InChI=1S/C21H20ClN3O/c22-17-9-6-15(7-10-17)16-8-11-18(14-16)24-21-23-13-12-20(25-21)26-19-4-2-1-3-5-19/h1-7,9-10,12-13,16,18H,8,11,14H2,(H,23,24,25). The largest absolute Gasteiger partial charge is 0.439 e. The lowest BCUT2D eigenvalue weighted by Gasteiger charge is -2.14. The van der Waals surface area contributed by atoms with E-state index in [1.54, 1.807) is 12.3 Å². The number of aromatic nitrogens is 2. The molecule has 0 spiro atoms. The lowest BCUT2D eigenvalue weighted by Crippen LogP contribution is -2.17. The predicted molar refractivity (Wildman–Crippen MR) is 104 cm³/mol. The van der Waals surface area contributed by atoms with Crippen molar-refractivity contribution in [2.75, 3.05) is 5.32 Å². The Labute approximate surface area is 158 Å². The molecule has 1 aromatic heterocycles. The average Bonchev–Trinajstić information content (AvgIpc) is 3.12. The van der Waals surface area contributed by atoms with Crippen LogP contribution in [-0.2, 0) is 0 Å². The maximum absolute atomic E-state index is 5.99. The Kier molecular flexibility index (Phi) is 5.02. The molecular weight excluding hydrogens is 346 g/mol. The van der Waals surface area contributed by atoms with Crippen LogP contribution in [0.5, 0.6) is 11.6 Å². The van der Waals surface area contributed by atoms with Crippen molar-refractivity contribution in [3.05, 3.63) is 77.4 Å². The maximum atomic E-state index is 5.99. The molecule has 1 saturated carbocycles. The molecule has 1 fully saturated rings. The van der Waals surface area contributed by atoms with E-state index >= 15 is 0 Å². The van der Waals surface area contributed by atoms with Crippen LogP contribution in [0.1, 0.15) is 30.7 Å². The van der Waals surface area contributed by atoms with Crippen LogP contribution in [0.2, 0.25) is 5.02 Å². The smallest absolute Gasteiger partial charge is 0.226 e. The number of ether oxygens (including phenoxy) is 1. The average molecular weight is 366 g/mol. The third kappa shape index (κ3) is 4.14. The second-order valence-electron chi connectivity index (χ2n) is 6.54. The number of benzene rings is 2. The van der Waals surface area contributed by atoms with Crippen LogP contribution in [0, 0.1) is 0 Å². The first-order valence-corrected chi connectivity index (χ1v) is 9.22. The molecule has 26 heavy (non-hydrogen) atoms. The summed E-state index contributed by atoms with van der Waals surface area (Å²) in [5, 5.41) is 4.23. The number of para-hydroxylation sites is 1. The Hall–Kier alpha value is -2.59. The normalized spacial score (nSPS) is 19.3. The summed E-state index contributed by atoms with van der Waals surface area (Å²) in [5.74, 6) is 2.47. The van der Waals surface area contributed by atoms with Crippen LogP contribution in [0.25, 0.3) is 0 Å². The van der Waals surface area contributed by atoms with Gasteiger partial charge in [0.15, 0.2) is 0 Å². The zero-order valence-electron chi connectivity index (χ0n) is 14.3. The molecule has 4 rings (SSSR count). The van der Waals surface area contributed by atoms with Gasteiger partial charge in [-0.1, -0.05) is 41.9 Å². The minimum absolute atomic E-state index is 0.364. The summed E-state index contributed by atoms with van der Waals surface area (Å²) in [7, 11) is 0. The molecule has 1 N–H and O–H groups in total. The van der Waals surface area contributed by atoms with Gasteiger partial charge in [-0.2, -0.15) is 4.98 Å². The van der Waals surface area contributed by atoms with Gasteiger partial charge in [0.2, 0.25) is 11.8 Å². The Morgan fingerprint density at radius 2 is 1.77 bits per heavy atom. The van der Waals surface area contributed by atoms with Gasteiger partial charge < -0.3 is 10.1 Å².